The molecule has 1 aromatic carbocycles. The smallest absolute Gasteiger partial charge is 0.430 e. The minimum absolute atomic E-state index is 0. The fourth-order valence-corrected chi connectivity index (χ4v) is 3.84. The Hall–Kier alpha value is -1.26. The van der Waals surface area contributed by atoms with Crippen LogP contribution in [0.5, 0.6) is 11.5 Å². The Kier molecular flexibility index (Phi) is 10.6. The molecule has 0 spiro atoms. The van der Waals surface area contributed by atoms with Crippen molar-refractivity contribution in [2.75, 3.05) is 0 Å². The number of benzene rings is 1. The molecule has 5 nitrogen and oxygen atoms in total. The number of hydrogen-bond donors (Lipinski definition) is 3. The van der Waals surface area contributed by atoms with E-state index in [9.17, 15) is 28.5 Å². The Labute approximate surface area is 175 Å². The molecule has 0 radical (unpaired) electrons. The van der Waals surface area contributed by atoms with Crippen LogP contribution in [0.1, 0.15) is 55.8 Å². The Bertz CT molecular complexity index is 649. The number of carboxylic acids is 1. The van der Waals surface area contributed by atoms with Crippen molar-refractivity contribution >= 4 is 33.0 Å². The van der Waals surface area contributed by atoms with Crippen LogP contribution in [0.3, 0.4) is 0 Å². The number of carbonyl (C=O) groups excluding carboxylic acids is 1. The number of aliphatic hydroxyl groups is 1. The Balaban J connectivity index is 0.000000707. The van der Waals surface area contributed by atoms with Crippen LogP contribution in [0, 0.1) is 11.8 Å². The lowest BCUT2D eigenvalue weighted by molar-refractivity contribution is -0.344. The second-order valence-corrected chi connectivity index (χ2v) is 6.92. The highest BCUT2D eigenvalue weighted by atomic mass is 32.1. The van der Waals surface area contributed by atoms with Crippen molar-refractivity contribution in [3.8, 4) is 11.5 Å². The van der Waals surface area contributed by atoms with Gasteiger partial charge in [-0.05, 0) is 42.7 Å². The van der Waals surface area contributed by atoms with Gasteiger partial charge in [-0.3, -0.25) is 0 Å². The van der Waals surface area contributed by atoms with E-state index in [2.05, 4.69) is 0 Å². The van der Waals surface area contributed by atoms with Crippen LogP contribution in [0.2, 0.25) is 0 Å². The van der Waals surface area contributed by atoms with E-state index < -0.39 is 18.2 Å². The van der Waals surface area contributed by atoms with Crippen molar-refractivity contribution in [1.29, 1.82) is 0 Å². The van der Waals surface area contributed by atoms with E-state index in [1.54, 1.807) is 6.07 Å². The number of rotatable bonds is 2. The van der Waals surface area contributed by atoms with Gasteiger partial charge in [-0.1, -0.05) is 31.7 Å². The van der Waals surface area contributed by atoms with Crippen LogP contribution in [0.15, 0.2) is 12.1 Å². The zero-order valence-electron chi connectivity index (χ0n) is 15.1. The maximum absolute atomic E-state index is 10.5. The quantitative estimate of drug-likeness (QED) is 0.611. The molecule has 1 saturated carbocycles. The second kappa shape index (κ2) is 11.1. The van der Waals surface area contributed by atoms with Crippen molar-refractivity contribution in [3.63, 3.8) is 0 Å². The van der Waals surface area contributed by atoms with Crippen LogP contribution in [0.4, 0.5) is 13.2 Å². The maximum atomic E-state index is 10.5. The number of hydrogen-bond acceptors (Lipinski definition) is 5. The third kappa shape index (κ3) is 6.66. The summed E-state index contributed by atoms with van der Waals surface area (Å²) in [7, 11) is 0. The van der Waals surface area contributed by atoms with E-state index in [0.29, 0.717) is 5.92 Å². The number of aromatic hydroxyl groups is 2. The van der Waals surface area contributed by atoms with E-state index in [0.717, 1.165) is 36.3 Å². The summed E-state index contributed by atoms with van der Waals surface area (Å²) in [5, 5.41) is 38.7. The molecule has 0 bridgehead atoms. The Morgan fingerprint density at radius 1 is 1.11 bits per heavy atom. The molecule has 0 heterocycles. The summed E-state index contributed by atoms with van der Waals surface area (Å²) in [4.78, 5) is 8.78. The average Bonchev–Trinajstić information content (AvgIpc) is 3.06. The zero-order chi connectivity index (χ0) is 19.5. The highest BCUT2D eigenvalue weighted by Crippen LogP contribution is 2.45. The van der Waals surface area contributed by atoms with Gasteiger partial charge in [0.15, 0.2) is 11.5 Å². The minimum atomic E-state index is -5.19. The molecule has 0 aromatic heterocycles. The van der Waals surface area contributed by atoms with Gasteiger partial charge in [-0.25, -0.2) is 0 Å². The second-order valence-electron chi connectivity index (χ2n) is 6.92. The molecule has 162 valence electrons. The van der Waals surface area contributed by atoms with Gasteiger partial charge in [0.05, 0.1) is 6.10 Å². The van der Waals surface area contributed by atoms with E-state index in [4.69, 9.17) is 9.90 Å². The number of carbonyl (C=O) groups is 1. The third-order valence-electron chi connectivity index (χ3n) is 5.17. The summed E-state index contributed by atoms with van der Waals surface area (Å²) in [5.41, 5.74) is 1.54. The number of phenolic OH excluding ortho intramolecular Hbond substituents is 2. The lowest BCUT2D eigenvalue weighted by atomic mass is 9.76. The first-order valence-electron chi connectivity index (χ1n) is 8.61. The van der Waals surface area contributed by atoms with Crippen LogP contribution in [-0.4, -0.2) is 27.5 Å². The standard InChI is InChI=1S/C16H22O3.C2HF3O2.2H2S/c17-14-8-7-12-13(16(14)19)6-5-11(15(12)18)9-10-3-1-2-4-10;3-2(4,5)1(6)7;;/h7-8,10-11,15,17-19H,1-6,9H2;(H,6,7);2*1H2/p-1/t11-,15-;;;/m1.../s1. The Morgan fingerprint density at radius 2 is 1.64 bits per heavy atom. The van der Waals surface area contributed by atoms with Crippen molar-refractivity contribution < 1.29 is 38.4 Å². The molecule has 10 heteroatoms. The first-order valence-corrected chi connectivity index (χ1v) is 8.61. The number of fused-ring (bicyclic) bond motifs is 1. The number of carboxylic acid groups (broad SMARTS) is 1. The molecule has 0 aliphatic heterocycles. The molecule has 3 rings (SSSR count). The zero-order valence-corrected chi connectivity index (χ0v) is 17.1. The number of phenols is 2. The number of aliphatic carboxylic acids is 1. The van der Waals surface area contributed by atoms with Crippen molar-refractivity contribution in [2.24, 2.45) is 11.8 Å². The summed E-state index contributed by atoms with van der Waals surface area (Å²) in [6.45, 7) is 0. The van der Waals surface area contributed by atoms with Gasteiger partial charge in [0.25, 0.3) is 0 Å². The molecular formula is C18H26F3O5S2-. The molecule has 3 N–H and O–H groups in total. The highest BCUT2D eigenvalue weighted by molar-refractivity contribution is 7.59. The largest absolute Gasteiger partial charge is 0.542 e. The van der Waals surface area contributed by atoms with E-state index in [1.165, 1.54) is 31.7 Å². The summed E-state index contributed by atoms with van der Waals surface area (Å²) in [6, 6.07) is 3.24. The molecule has 1 aromatic rings. The summed E-state index contributed by atoms with van der Waals surface area (Å²) < 4.78 is 31.5. The first kappa shape index (κ1) is 26.7. The van der Waals surface area contributed by atoms with Gasteiger partial charge < -0.3 is 25.2 Å². The minimum Gasteiger partial charge on any atom is -0.542 e. The first-order chi connectivity index (χ1) is 12.1. The van der Waals surface area contributed by atoms with E-state index in [-0.39, 0.29) is 38.5 Å². The van der Waals surface area contributed by atoms with Gasteiger partial charge in [-0.2, -0.15) is 40.2 Å². The van der Waals surface area contributed by atoms with Gasteiger partial charge >= 0.3 is 6.18 Å². The molecular weight excluding hydrogens is 417 g/mol. The predicted octanol–water partition coefficient (Wildman–Crippen LogP) is 2.80. The van der Waals surface area contributed by atoms with Crippen molar-refractivity contribution in [2.45, 2.75) is 57.2 Å². The third-order valence-corrected chi connectivity index (χ3v) is 5.17. The van der Waals surface area contributed by atoms with Gasteiger partial charge in [0.1, 0.15) is 5.97 Å². The molecule has 0 unspecified atom stereocenters. The van der Waals surface area contributed by atoms with E-state index >= 15 is 0 Å². The molecule has 0 amide bonds. The van der Waals surface area contributed by atoms with Crippen molar-refractivity contribution in [1.82, 2.24) is 0 Å². The monoisotopic (exact) mass is 443 g/mol. The maximum Gasteiger partial charge on any atom is 0.430 e. The number of aliphatic hydroxyl groups excluding tert-OH is 1. The molecule has 0 saturated heterocycles. The number of halogens is 3. The fourth-order valence-electron chi connectivity index (χ4n) is 3.84. The molecule has 2 aliphatic carbocycles. The summed E-state index contributed by atoms with van der Waals surface area (Å²) in [5.74, 6) is -2.06. The van der Waals surface area contributed by atoms with Crippen LogP contribution in [0.25, 0.3) is 0 Å². The molecule has 2 atom stereocenters. The normalized spacial score (nSPS) is 21.4. The predicted molar refractivity (Wildman–Crippen MR) is 105 cm³/mol. The SMILES string of the molecule is O=C([O-])C(F)(F)F.Oc1ccc2c(c1O)CC[C@H](CC1CCCC1)[C@H]2O.S.S. The van der Waals surface area contributed by atoms with Crippen LogP contribution >= 0.6 is 27.0 Å². The average molecular weight is 444 g/mol. The summed E-state index contributed by atoms with van der Waals surface area (Å²) >= 11 is 0. The van der Waals surface area contributed by atoms with Gasteiger partial charge in [0.2, 0.25) is 0 Å². The lowest BCUT2D eigenvalue weighted by Gasteiger charge is -2.32. The molecule has 2 aliphatic rings. The van der Waals surface area contributed by atoms with Crippen LogP contribution in [-0.2, 0) is 11.2 Å². The topological polar surface area (TPSA) is 101 Å². The summed E-state index contributed by atoms with van der Waals surface area (Å²) in [6.07, 6.45) is 2.34. The van der Waals surface area contributed by atoms with Gasteiger partial charge in [0, 0.05) is 5.56 Å². The Morgan fingerprint density at radius 3 is 2.14 bits per heavy atom. The van der Waals surface area contributed by atoms with E-state index in [1.807, 2.05) is 0 Å². The highest BCUT2D eigenvalue weighted by Gasteiger charge is 2.32. The van der Waals surface area contributed by atoms with Crippen LogP contribution < -0.4 is 5.11 Å². The molecule has 28 heavy (non-hydrogen) atoms. The van der Waals surface area contributed by atoms with Crippen molar-refractivity contribution in [3.05, 3.63) is 23.3 Å². The van der Waals surface area contributed by atoms with Gasteiger partial charge in [-0.15, -0.1) is 0 Å². The lowest BCUT2D eigenvalue weighted by Crippen LogP contribution is -2.37. The fraction of sp³-hybridized carbons (Fsp3) is 0.611. The molecule has 1 fully saturated rings. The number of alkyl halides is 3.